The van der Waals surface area contributed by atoms with Gasteiger partial charge in [-0.1, -0.05) is 34.4 Å². The van der Waals surface area contributed by atoms with E-state index in [2.05, 4.69) is 16.6 Å². The number of carbonyl (C=O) groups is 1. The van der Waals surface area contributed by atoms with Crippen LogP contribution in [-0.4, -0.2) is 12.6 Å². The molecule has 0 radical (unpaired) electrons. The number of rotatable bonds is 7. The summed E-state index contributed by atoms with van der Waals surface area (Å²) < 4.78 is 12.7. The second-order valence-corrected chi connectivity index (χ2v) is 5.09. The fourth-order valence-electron chi connectivity index (χ4n) is 1.64. The first-order valence-electron chi connectivity index (χ1n) is 7.54. The van der Waals surface area contributed by atoms with Crippen LogP contribution in [0.25, 0.3) is 0 Å². The highest BCUT2D eigenvalue weighted by Gasteiger charge is 1.96. The van der Waals surface area contributed by atoms with E-state index in [1.807, 2.05) is 42.5 Å². The highest BCUT2D eigenvalue weighted by Crippen LogP contribution is 2.16. The number of nitrogens with one attached hydrogen (secondary N) is 1. The molecule has 0 bridgehead atoms. The third-order valence-corrected chi connectivity index (χ3v) is 3.21. The summed E-state index contributed by atoms with van der Waals surface area (Å²) in [4.78, 5) is 16.2. The van der Waals surface area contributed by atoms with Gasteiger partial charge >= 0.3 is 5.97 Å². The zero-order valence-corrected chi connectivity index (χ0v) is 14.4. The van der Waals surface area contributed by atoms with Gasteiger partial charge in [-0.2, -0.15) is 0 Å². The summed E-state index contributed by atoms with van der Waals surface area (Å²) in [6.07, 6.45) is 2.77. The first-order valence-corrected chi connectivity index (χ1v) is 8.28. The van der Waals surface area contributed by atoms with Crippen LogP contribution in [0.3, 0.4) is 0 Å². The fourth-order valence-corrected chi connectivity index (χ4v) is 2.02. The molecule has 0 saturated heterocycles. The molecule has 2 aromatic rings. The first kappa shape index (κ1) is 18.5. The van der Waals surface area contributed by atoms with E-state index in [0.717, 1.165) is 23.5 Å². The zero-order valence-electron chi connectivity index (χ0n) is 13.6. The molecule has 128 valence electrons. The molecule has 0 amide bonds. The lowest BCUT2D eigenvalue weighted by Gasteiger charge is -2.05. The van der Waals surface area contributed by atoms with Crippen molar-refractivity contribution in [2.75, 3.05) is 11.3 Å². The van der Waals surface area contributed by atoms with Crippen molar-refractivity contribution < 1.29 is 18.8 Å². The van der Waals surface area contributed by atoms with E-state index in [4.69, 9.17) is 14.0 Å². The molecule has 2 aromatic carbocycles. The van der Waals surface area contributed by atoms with Crippen LogP contribution < -0.4 is 9.61 Å². The lowest BCUT2D eigenvalue weighted by molar-refractivity contribution is -0.137. The van der Waals surface area contributed by atoms with Gasteiger partial charge in [-0.25, -0.2) is 4.79 Å². The number of hydrogen-bond donors (Lipinski definition) is 1. The minimum Gasteiger partial charge on any atom is -0.463 e. The van der Waals surface area contributed by atoms with Gasteiger partial charge in [-0.3, -0.25) is 0 Å². The van der Waals surface area contributed by atoms with Crippen molar-refractivity contribution in [3.63, 3.8) is 0 Å². The average molecular weight is 355 g/mol. The van der Waals surface area contributed by atoms with Crippen LogP contribution in [0.15, 0.2) is 66.7 Å². The Hall–Kier alpha value is -2.88. The maximum absolute atomic E-state index is 11.1. The summed E-state index contributed by atoms with van der Waals surface area (Å²) in [6.45, 7) is 2.10. The normalized spacial score (nSPS) is 9.96. The zero-order chi connectivity index (χ0) is 17.7. The summed E-state index contributed by atoms with van der Waals surface area (Å²) in [6, 6.07) is 16.6. The number of allylic oxidation sites excluding steroid dienone is 1. The van der Waals surface area contributed by atoms with Crippen LogP contribution >= 0.6 is 12.2 Å². The summed E-state index contributed by atoms with van der Waals surface area (Å²) in [7, 11) is 0. The molecule has 0 aliphatic carbocycles. The quantitative estimate of drug-likeness (QED) is 0.118. The predicted molar refractivity (Wildman–Crippen MR) is 98.5 cm³/mol. The summed E-state index contributed by atoms with van der Waals surface area (Å²) >= 11 is 0.966. The maximum atomic E-state index is 11.1. The standard InChI is InChI=1S/C19H17NO4S/c1-2-22-19(21)11-7-6-8-16-12-14-17(15-13-16)20-25-24-23-18-9-4-3-5-10-18/h3-5,7,9-15,20H,2H2,1H3. The predicted octanol–water partition coefficient (Wildman–Crippen LogP) is 4.14. The summed E-state index contributed by atoms with van der Waals surface area (Å²) in [5.74, 6) is 5.93. The Morgan fingerprint density at radius 3 is 2.64 bits per heavy atom. The molecule has 0 saturated carbocycles. The molecular formula is C19H17NO4S. The minimum atomic E-state index is -0.397. The molecule has 2 rings (SSSR count). The Balaban J connectivity index is 1.73. The van der Waals surface area contributed by atoms with Gasteiger partial charge in [0.25, 0.3) is 0 Å². The third kappa shape index (κ3) is 7.48. The molecule has 5 nitrogen and oxygen atoms in total. The third-order valence-electron chi connectivity index (χ3n) is 2.76. The van der Waals surface area contributed by atoms with E-state index >= 15 is 0 Å². The molecule has 0 atom stereocenters. The molecule has 6 heteroatoms. The topological polar surface area (TPSA) is 56.8 Å². The smallest absolute Gasteiger partial charge is 0.331 e. The van der Waals surface area contributed by atoms with Gasteiger partial charge in [0.1, 0.15) is 0 Å². The van der Waals surface area contributed by atoms with Crippen molar-refractivity contribution in [3.8, 4) is 17.6 Å². The van der Waals surface area contributed by atoms with Gasteiger partial charge in [0.15, 0.2) is 18.0 Å². The number of esters is 1. The van der Waals surface area contributed by atoms with Crippen molar-refractivity contribution in [3.05, 3.63) is 72.3 Å². The Kier molecular flexibility index (Phi) is 7.98. The van der Waals surface area contributed by atoms with Crippen LogP contribution in [0.1, 0.15) is 12.5 Å². The number of benzene rings is 2. The van der Waals surface area contributed by atoms with Crippen LogP contribution in [0, 0.1) is 11.8 Å². The SMILES string of the molecule is CCOC(=O)C=CC#Cc1ccc(NSOOc2ccccc2)cc1. The maximum Gasteiger partial charge on any atom is 0.331 e. The molecule has 0 fully saturated rings. The van der Waals surface area contributed by atoms with Gasteiger partial charge in [0.05, 0.1) is 6.61 Å². The highest BCUT2D eigenvalue weighted by atomic mass is 32.2. The van der Waals surface area contributed by atoms with E-state index in [1.54, 1.807) is 19.1 Å². The van der Waals surface area contributed by atoms with Crippen LogP contribution in [-0.2, 0) is 13.9 Å². The largest absolute Gasteiger partial charge is 0.463 e. The molecule has 0 aliphatic heterocycles. The average Bonchev–Trinajstić information content (AvgIpc) is 2.65. The monoisotopic (exact) mass is 355 g/mol. The number of para-hydroxylation sites is 1. The van der Waals surface area contributed by atoms with Gasteiger partial charge in [-0.05, 0) is 49.4 Å². The fraction of sp³-hybridized carbons (Fsp3) is 0.105. The molecule has 0 aliphatic rings. The van der Waals surface area contributed by atoms with Crippen molar-refractivity contribution in [1.82, 2.24) is 0 Å². The Labute approximate surface area is 151 Å². The lowest BCUT2D eigenvalue weighted by atomic mass is 10.2. The number of anilines is 1. The molecule has 0 unspecified atom stereocenters. The van der Waals surface area contributed by atoms with E-state index < -0.39 is 5.97 Å². The Morgan fingerprint density at radius 1 is 1.16 bits per heavy atom. The van der Waals surface area contributed by atoms with E-state index in [-0.39, 0.29) is 0 Å². The van der Waals surface area contributed by atoms with Gasteiger partial charge < -0.3 is 14.3 Å². The van der Waals surface area contributed by atoms with E-state index in [0.29, 0.717) is 12.4 Å². The van der Waals surface area contributed by atoms with Gasteiger partial charge in [0.2, 0.25) is 0 Å². The second-order valence-electron chi connectivity index (χ2n) is 4.58. The van der Waals surface area contributed by atoms with Crippen LogP contribution in [0.4, 0.5) is 5.69 Å². The molecule has 1 N–H and O–H groups in total. The molecule has 0 heterocycles. The minimum absolute atomic E-state index is 0.350. The first-order chi connectivity index (χ1) is 12.3. The number of carbonyl (C=O) groups excluding carboxylic acids is 1. The van der Waals surface area contributed by atoms with Crippen molar-refractivity contribution in [2.24, 2.45) is 0 Å². The molecular weight excluding hydrogens is 338 g/mol. The lowest BCUT2D eigenvalue weighted by Crippen LogP contribution is -1.98. The summed E-state index contributed by atoms with van der Waals surface area (Å²) in [5, 5.41) is 0. The number of hydrogen-bond acceptors (Lipinski definition) is 6. The highest BCUT2D eigenvalue weighted by molar-refractivity contribution is 7.95. The molecule has 0 aromatic heterocycles. The van der Waals surface area contributed by atoms with Crippen molar-refractivity contribution >= 4 is 23.9 Å². The van der Waals surface area contributed by atoms with Crippen LogP contribution in [0.2, 0.25) is 0 Å². The van der Waals surface area contributed by atoms with E-state index in [1.165, 1.54) is 12.2 Å². The van der Waals surface area contributed by atoms with Crippen LogP contribution in [0.5, 0.6) is 5.75 Å². The van der Waals surface area contributed by atoms with Crippen molar-refractivity contribution in [2.45, 2.75) is 6.92 Å². The van der Waals surface area contributed by atoms with Gasteiger partial charge in [0, 0.05) is 17.3 Å². The Bertz CT molecular complexity index is 748. The van der Waals surface area contributed by atoms with Gasteiger partial charge in [-0.15, -0.1) is 0 Å². The van der Waals surface area contributed by atoms with E-state index in [9.17, 15) is 4.79 Å². The molecule has 25 heavy (non-hydrogen) atoms. The summed E-state index contributed by atoms with van der Waals surface area (Å²) in [5.41, 5.74) is 1.67. The number of ether oxygens (including phenoxy) is 1. The Morgan fingerprint density at radius 2 is 1.92 bits per heavy atom. The second kappa shape index (κ2) is 10.8. The molecule has 0 spiro atoms. The van der Waals surface area contributed by atoms with Crippen molar-refractivity contribution in [1.29, 1.82) is 0 Å².